The molecule has 4 nitrogen and oxygen atoms in total. The van der Waals surface area contributed by atoms with Gasteiger partial charge in [-0.05, 0) is 50.2 Å². The number of esters is 2. The highest BCUT2D eigenvalue weighted by Gasteiger charge is 2.52. The van der Waals surface area contributed by atoms with E-state index in [1.807, 2.05) is 25.1 Å². The first-order valence-electron chi connectivity index (χ1n) is 8.25. The summed E-state index contributed by atoms with van der Waals surface area (Å²) in [6, 6.07) is 7.35. The minimum Gasteiger partial charge on any atom is -0.468 e. The third kappa shape index (κ3) is 3.57. The molecule has 2 atom stereocenters. The predicted octanol–water partition coefficient (Wildman–Crippen LogP) is 3.91. The maximum Gasteiger partial charge on any atom is 0.338 e. The number of hydrogen-bond donors (Lipinski definition) is 0. The summed E-state index contributed by atoms with van der Waals surface area (Å²) in [6.45, 7) is 6.03. The number of ether oxygens (including phenoxy) is 2. The number of methoxy groups -OCH3 is 1. The molecule has 2 rings (SSSR count). The van der Waals surface area contributed by atoms with E-state index >= 15 is 0 Å². The van der Waals surface area contributed by atoms with Crippen LogP contribution in [0.25, 0.3) is 0 Å². The molecule has 0 aliphatic heterocycles. The quantitative estimate of drug-likeness (QED) is 0.772. The van der Waals surface area contributed by atoms with Gasteiger partial charge in [0, 0.05) is 0 Å². The predicted molar refractivity (Wildman–Crippen MR) is 88.1 cm³/mol. The highest BCUT2D eigenvalue weighted by Crippen LogP contribution is 2.46. The van der Waals surface area contributed by atoms with Crippen LogP contribution in [0.1, 0.15) is 55.5 Å². The first-order chi connectivity index (χ1) is 10.9. The smallest absolute Gasteiger partial charge is 0.338 e. The average Bonchev–Trinajstić information content (AvgIpc) is 2.89. The lowest BCUT2D eigenvalue weighted by atomic mass is 9.76. The van der Waals surface area contributed by atoms with Crippen molar-refractivity contribution in [2.45, 2.75) is 52.6 Å². The summed E-state index contributed by atoms with van der Waals surface area (Å²) in [5.74, 6) is -0.287. The number of rotatable bonds is 5. The molecule has 2 unspecified atom stereocenters. The molecule has 0 N–H and O–H groups in total. The van der Waals surface area contributed by atoms with Gasteiger partial charge in [0.15, 0.2) is 0 Å². The number of benzene rings is 1. The maximum atomic E-state index is 12.5. The molecule has 126 valence electrons. The van der Waals surface area contributed by atoms with Crippen LogP contribution in [0.2, 0.25) is 0 Å². The molecule has 4 heteroatoms. The van der Waals surface area contributed by atoms with E-state index in [0.29, 0.717) is 30.7 Å². The SMILES string of the molecule is COC(=O)C1(CC(C)C)CCCC1OC(=O)c1ccccc1C. The Morgan fingerprint density at radius 2 is 2.00 bits per heavy atom. The van der Waals surface area contributed by atoms with Crippen LogP contribution in [0, 0.1) is 18.3 Å². The second kappa shape index (κ2) is 7.16. The monoisotopic (exact) mass is 318 g/mol. The molecular formula is C19H26O4. The van der Waals surface area contributed by atoms with Crippen LogP contribution in [-0.2, 0) is 14.3 Å². The van der Waals surface area contributed by atoms with Crippen molar-refractivity contribution in [3.8, 4) is 0 Å². The number of carbonyl (C=O) groups is 2. The summed E-state index contributed by atoms with van der Waals surface area (Å²) < 4.78 is 10.8. The molecule has 0 amide bonds. The van der Waals surface area contributed by atoms with Gasteiger partial charge >= 0.3 is 11.9 Å². The van der Waals surface area contributed by atoms with Crippen molar-refractivity contribution in [2.24, 2.45) is 11.3 Å². The van der Waals surface area contributed by atoms with E-state index < -0.39 is 11.5 Å². The third-order valence-corrected chi connectivity index (χ3v) is 4.68. The van der Waals surface area contributed by atoms with Crippen LogP contribution >= 0.6 is 0 Å². The van der Waals surface area contributed by atoms with Crippen molar-refractivity contribution in [3.63, 3.8) is 0 Å². The molecule has 1 aromatic carbocycles. The van der Waals surface area contributed by atoms with E-state index in [2.05, 4.69) is 13.8 Å². The topological polar surface area (TPSA) is 52.6 Å². The Morgan fingerprint density at radius 3 is 2.61 bits per heavy atom. The summed E-state index contributed by atoms with van der Waals surface area (Å²) in [4.78, 5) is 25.0. The first-order valence-corrected chi connectivity index (χ1v) is 8.25. The van der Waals surface area contributed by atoms with Crippen molar-refractivity contribution in [1.82, 2.24) is 0 Å². The van der Waals surface area contributed by atoms with Gasteiger partial charge in [-0.25, -0.2) is 4.79 Å². The lowest BCUT2D eigenvalue weighted by Crippen LogP contribution is -2.43. The van der Waals surface area contributed by atoms with Crippen molar-refractivity contribution in [3.05, 3.63) is 35.4 Å². The van der Waals surface area contributed by atoms with Crippen LogP contribution in [0.5, 0.6) is 0 Å². The van der Waals surface area contributed by atoms with Crippen LogP contribution in [-0.4, -0.2) is 25.2 Å². The van der Waals surface area contributed by atoms with Gasteiger partial charge in [0.2, 0.25) is 0 Å². The molecule has 23 heavy (non-hydrogen) atoms. The second-order valence-electron chi connectivity index (χ2n) is 6.85. The molecule has 1 saturated carbocycles. The molecule has 0 bridgehead atoms. The van der Waals surface area contributed by atoms with Gasteiger partial charge in [-0.15, -0.1) is 0 Å². The van der Waals surface area contributed by atoms with E-state index in [-0.39, 0.29) is 11.9 Å². The van der Waals surface area contributed by atoms with Crippen LogP contribution < -0.4 is 0 Å². The molecule has 0 spiro atoms. The second-order valence-corrected chi connectivity index (χ2v) is 6.85. The third-order valence-electron chi connectivity index (χ3n) is 4.68. The van der Waals surface area contributed by atoms with Crippen molar-refractivity contribution in [1.29, 1.82) is 0 Å². The van der Waals surface area contributed by atoms with E-state index in [1.165, 1.54) is 7.11 Å². The number of carbonyl (C=O) groups excluding carboxylic acids is 2. The molecule has 0 saturated heterocycles. The Morgan fingerprint density at radius 1 is 1.30 bits per heavy atom. The number of aryl methyl sites for hydroxylation is 1. The summed E-state index contributed by atoms with van der Waals surface area (Å²) in [5, 5.41) is 0. The minimum absolute atomic E-state index is 0.258. The fourth-order valence-corrected chi connectivity index (χ4v) is 3.69. The summed E-state index contributed by atoms with van der Waals surface area (Å²) >= 11 is 0. The largest absolute Gasteiger partial charge is 0.468 e. The zero-order valence-electron chi connectivity index (χ0n) is 14.4. The highest BCUT2D eigenvalue weighted by molar-refractivity contribution is 5.91. The van der Waals surface area contributed by atoms with Crippen molar-refractivity contribution < 1.29 is 19.1 Å². The van der Waals surface area contributed by atoms with Gasteiger partial charge in [0.1, 0.15) is 11.5 Å². The van der Waals surface area contributed by atoms with Gasteiger partial charge in [-0.1, -0.05) is 32.0 Å². The Hall–Kier alpha value is -1.84. The highest BCUT2D eigenvalue weighted by atomic mass is 16.6. The maximum absolute atomic E-state index is 12.5. The van der Waals surface area contributed by atoms with E-state index in [4.69, 9.17) is 9.47 Å². The van der Waals surface area contributed by atoms with Crippen molar-refractivity contribution >= 4 is 11.9 Å². The normalized spacial score (nSPS) is 23.8. The Labute approximate surface area is 138 Å². The zero-order valence-corrected chi connectivity index (χ0v) is 14.4. The van der Waals surface area contributed by atoms with Gasteiger partial charge in [0.25, 0.3) is 0 Å². The summed E-state index contributed by atoms with van der Waals surface area (Å²) in [7, 11) is 1.41. The van der Waals surface area contributed by atoms with Gasteiger partial charge in [-0.3, -0.25) is 4.79 Å². The van der Waals surface area contributed by atoms with Gasteiger partial charge in [0.05, 0.1) is 12.7 Å². The average molecular weight is 318 g/mol. The van der Waals surface area contributed by atoms with Crippen LogP contribution in [0.15, 0.2) is 24.3 Å². The van der Waals surface area contributed by atoms with Gasteiger partial charge < -0.3 is 9.47 Å². The Balaban J connectivity index is 2.24. The van der Waals surface area contributed by atoms with E-state index in [9.17, 15) is 9.59 Å². The zero-order chi connectivity index (χ0) is 17.0. The van der Waals surface area contributed by atoms with Crippen LogP contribution in [0.3, 0.4) is 0 Å². The van der Waals surface area contributed by atoms with E-state index in [1.54, 1.807) is 6.07 Å². The summed E-state index contributed by atoms with van der Waals surface area (Å²) in [6.07, 6.45) is 2.55. The van der Waals surface area contributed by atoms with Crippen LogP contribution in [0.4, 0.5) is 0 Å². The fourth-order valence-electron chi connectivity index (χ4n) is 3.69. The standard InChI is InChI=1S/C19H26O4/c1-13(2)12-19(18(21)22-4)11-7-10-16(19)23-17(20)15-9-6-5-8-14(15)3/h5-6,8-9,13,16H,7,10-12H2,1-4H3. The molecule has 1 aliphatic rings. The lowest BCUT2D eigenvalue weighted by Gasteiger charge is -2.33. The number of hydrogen-bond acceptors (Lipinski definition) is 4. The molecule has 0 heterocycles. The molecule has 1 aromatic rings. The molecule has 1 fully saturated rings. The minimum atomic E-state index is -0.707. The van der Waals surface area contributed by atoms with E-state index in [0.717, 1.165) is 12.0 Å². The molecule has 1 aliphatic carbocycles. The summed E-state index contributed by atoms with van der Waals surface area (Å²) in [5.41, 5.74) is 0.729. The lowest BCUT2D eigenvalue weighted by molar-refractivity contribution is -0.160. The fraction of sp³-hybridized carbons (Fsp3) is 0.579. The molecule has 0 radical (unpaired) electrons. The molecular weight excluding hydrogens is 292 g/mol. The molecule has 0 aromatic heterocycles. The Bertz CT molecular complexity index is 578. The van der Waals surface area contributed by atoms with Crippen molar-refractivity contribution in [2.75, 3.05) is 7.11 Å². The first kappa shape index (κ1) is 17.5. The van der Waals surface area contributed by atoms with Gasteiger partial charge in [-0.2, -0.15) is 0 Å². The Kier molecular flexibility index (Phi) is 5.45.